The highest BCUT2D eigenvalue weighted by molar-refractivity contribution is 7.13. The molecule has 2 aromatic carbocycles. The summed E-state index contributed by atoms with van der Waals surface area (Å²) in [4.78, 5) is 19.2. The third kappa shape index (κ3) is 5.27. The van der Waals surface area contributed by atoms with Gasteiger partial charge in [0.1, 0.15) is 5.01 Å². The molecule has 1 amide bonds. The predicted molar refractivity (Wildman–Crippen MR) is 117 cm³/mol. The Morgan fingerprint density at radius 1 is 1.11 bits per heavy atom. The van der Waals surface area contributed by atoms with Crippen LogP contribution in [0.5, 0.6) is 0 Å². The number of aromatic nitrogens is 1. The van der Waals surface area contributed by atoms with Gasteiger partial charge in [-0.25, -0.2) is 4.98 Å². The Kier molecular flexibility index (Phi) is 6.95. The molecule has 1 unspecified atom stereocenters. The molecule has 1 heterocycles. The van der Waals surface area contributed by atoms with Crippen molar-refractivity contribution < 1.29 is 4.79 Å². The van der Waals surface area contributed by atoms with Gasteiger partial charge in [-0.2, -0.15) is 0 Å². The van der Waals surface area contributed by atoms with Gasteiger partial charge in [-0.1, -0.05) is 61.5 Å². The van der Waals surface area contributed by atoms with Crippen LogP contribution in [0.1, 0.15) is 29.8 Å². The van der Waals surface area contributed by atoms with Crippen molar-refractivity contribution in [3.8, 4) is 10.6 Å². The number of benzene rings is 2. The summed E-state index contributed by atoms with van der Waals surface area (Å²) in [7, 11) is 4.06. The summed E-state index contributed by atoms with van der Waals surface area (Å²) in [5.41, 5.74) is 4.43. The molecule has 28 heavy (non-hydrogen) atoms. The van der Waals surface area contributed by atoms with Crippen LogP contribution >= 0.6 is 11.3 Å². The first kappa shape index (κ1) is 20.2. The second-order valence-electron chi connectivity index (χ2n) is 7.07. The van der Waals surface area contributed by atoms with E-state index in [1.54, 1.807) is 11.3 Å². The number of carbonyl (C=O) groups is 1. The van der Waals surface area contributed by atoms with Gasteiger partial charge in [-0.05, 0) is 31.6 Å². The van der Waals surface area contributed by atoms with Crippen LogP contribution in [0.3, 0.4) is 0 Å². The van der Waals surface area contributed by atoms with Gasteiger partial charge in [0.15, 0.2) is 0 Å². The van der Waals surface area contributed by atoms with Gasteiger partial charge >= 0.3 is 0 Å². The minimum Gasteiger partial charge on any atom is -0.354 e. The summed E-state index contributed by atoms with van der Waals surface area (Å²) in [6.45, 7) is 2.72. The maximum atomic E-state index is 12.4. The number of aryl methyl sites for hydroxylation is 1. The average molecular weight is 394 g/mol. The van der Waals surface area contributed by atoms with E-state index in [0.717, 1.165) is 22.7 Å². The molecule has 3 rings (SSSR count). The molecule has 5 heteroatoms. The monoisotopic (exact) mass is 393 g/mol. The molecule has 3 aromatic rings. The number of rotatable bonds is 8. The quantitative estimate of drug-likeness (QED) is 0.619. The van der Waals surface area contributed by atoms with Crippen molar-refractivity contribution in [2.75, 3.05) is 20.6 Å². The average Bonchev–Trinajstić information content (AvgIpc) is 3.17. The van der Waals surface area contributed by atoms with Crippen LogP contribution in [-0.4, -0.2) is 36.4 Å². The summed E-state index contributed by atoms with van der Waals surface area (Å²) in [5, 5.41) is 5.99. The van der Waals surface area contributed by atoms with Gasteiger partial charge in [0.25, 0.3) is 0 Å². The van der Waals surface area contributed by atoms with E-state index in [9.17, 15) is 4.79 Å². The van der Waals surface area contributed by atoms with E-state index in [1.807, 2.05) is 37.7 Å². The highest BCUT2D eigenvalue weighted by atomic mass is 32.1. The molecule has 0 aliphatic carbocycles. The van der Waals surface area contributed by atoms with Crippen molar-refractivity contribution in [2.24, 2.45) is 0 Å². The summed E-state index contributed by atoms with van der Waals surface area (Å²) < 4.78 is 0. The molecule has 1 N–H and O–H groups in total. The summed E-state index contributed by atoms with van der Waals surface area (Å²) >= 11 is 1.58. The van der Waals surface area contributed by atoms with Crippen LogP contribution in [0.25, 0.3) is 10.6 Å². The zero-order valence-electron chi connectivity index (χ0n) is 16.7. The number of amides is 1. The molecular weight excluding hydrogens is 366 g/mol. The fourth-order valence-electron chi connectivity index (χ4n) is 3.12. The minimum absolute atomic E-state index is 0.000891. The minimum atomic E-state index is 0.000891. The van der Waals surface area contributed by atoms with Gasteiger partial charge in [0, 0.05) is 17.5 Å². The normalized spacial score (nSPS) is 12.1. The summed E-state index contributed by atoms with van der Waals surface area (Å²) in [6, 6.07) is 18.8. The van der Waals surface area contributed by atoms with Gasteiger partial charge in [-0.15, -0.1) is 11.3 Å². The van der Waals surface area contributed by atoms with E-state index < -0.39 is 0 Å². The number of carbonyl (C=O) groups excluding carboxylic acids is 1. The molecule has 146 valence electrons. The van der Waals surface area contributed by atoms with Crippen LogP contribution in [0.4, 0.5) is 0 Å². The zero-order chi connectivity index (χ0) is 19.9. The maximum absolute atomic E-state index is 12.4. The largest absolute Gasteiger partial charge is 0.354 e. The Hall–Kier alpha value is -2.50. The fraction of sp³-hybridized carbons (Fsp3) is 0.304. The number of nitrogens with zero attached hydrogens (tertiary/aromatic N) is 2. The first-order valence-electron chi connectivity index (χ1n) is 9.58. The zero-order valence-corrected chi connectivity index (χ0v) is 17.5. The Bertz CT molecular complexity index is 888. The Morgan fingerprint density at radius 3 is 2.46 bits per heavy atom. The predicted octanol–water partition coefficient (Wildman–Crippen LogP) is 4.33. The lowest BCUT2D eigenvalue weighted by atomic mass is 10.1. The molecule has 0 fully saturated rings. The van der Waals surface area contributed by atoms with Crippen LogP contribution in [0, 0.1) is 0 Å². The van der Waals surface area contributed by atoms with E-state index in [-0.39, 0.29) is 11.9 Å². The molecule has 4 nitrogen and oxygen atoms in total. The number of thiazole rings is 1. The number of likely N-dealkylation sites (N-methyl/N-ethyl adjacent to an activating group) is 1. The van der Waals surface area contributed by atoms with Crippen molar-refractivity contribution in [1.82, 2.24) is 15.2 Å². The molecule has 0 saturated carbocycles. The standard InChI is InChI=1S/C23H27N3OS/c1-4-17-10-12-19(13-11-17)23-25-20(16-28-23)14-22(27)24-15-21(26(2)3)18-8-6-5-7-9-18/h5-13,16,21H,4,14-15H2,1-3H3,(H,24,27). The lowest BCUT2D eigenvalue weighted by Crippen LogP contribution is -2.35. The number of hydrogen-bond acceptors (Lipinski definition) is 4. The smallest absolute Gasteiger partial charge is 0.226 e. The van der Waals surface area contributed by atoms with Crippen LogP contribution < -0.4 is 5.32 Å². The molecule has 0 aliphatic heterocycles. The van der Waals surface area contributed by atoms with Crippen molar-refractivity contribution in [1.29, 1.82) is 0 Å². The molecule has 0 bridgehead atoms. The van der Waals surface area contributed by atoms with E-state index in [0.29, 0.717) is 13.0 Å². The first-order valence-corrected chi connectivity index (χ1v) is 10.5. The number of nitrogens with one attached hydrogen (secondary N) is 1. The Labute approximate surface area is 171 Å². The highest BCUT2D eigenvalue weighted by Gasteiger charge is 2.16. The Balaban J connectivity index is 1.58. The van der Waals surface area contributed by atoms with E-state index in [2.05, 4.69) is 58.5 Å². The lowest BCUT2D eigenvalue weighted by molar-refractivity contribution is -0.120. The summed E-state index contributed by atoms with van der Waals surface area (Å²) in [5.74, 6) is 0.000891. The maximum Gasteiger partial charge on any atom is 0.226 e. The molecule has 0 saturated heterocycles. The molecule has 0 spiro atoms. The van der Waals surface area contributed by atoms with Crippen LogP contribution in [0.2, 0.25) is 0 Å². The highest BCUT2D eigenvalue weighted by Crippen LogP contribution is 2.24. The number of hydrogen-bond donors (Lipinski definition) is 1. The van der Waals surface area contributed by atoms with Crippen molar-refractivity contribution in [2.45, 2.75) is 25.8 Å². The van der Waals surface area contributed by atoms with E-state index in [4.69, 9.17) is 0 Å². The third-order valence-electron chi connectivity index (χ3n) is 4.80. The van der Waals surface area contributed by atoms with Gasteiger partial charge in [0.05, 0.1) is 18.2 Å². The lowest BCUT2D eigenvalue weighted by Gasteiger charge is -2.25. The topological polar surface area (TPSA) is 45.2 Å². The second kappa shape index (κ2) is 9.62. The molecule has 0 aliphatic rings. The van der Waals surface area contributed by atoms with E-state index in [1.165, 1.54) is 11.1 Å². The molecule has 1 atom stereocenters. The van der Waals surface area contributed by atoms with Gasteiger partial charge in [0.2, 0.25) is 5.91 Å². The molecular formula is C23H27N3OS. The summed E-state index contributed by atoms with van der Waals surface area (Å²) in [6.07, 6.45) is 1.33. The van der Waals surface area contributed by atoms with Crippen molar-refractivity contribution in [3.05, 3.63) is 76.8 Å². The third-order valence-corrected chi connectivity index (χ3v) is 5.74. The van der Waals surface area contributed by atoms with Crippen LogP contribution in [-0.2, 0) is 17.6 Å². The Morgan fingerprint density at radius 2 is 1.82 bits per heavy atom. The fourth-order valence-corrected chi connectivity index (χ4v) is 3.94. The second-order valence-corrected chi connectivity index (χ2v) is 7.92. The van der Waals surface area contributed by atoms with Gasteiger partial charge in [-0.3, -0.25) is 4.79 Å². The van der Waals surface area contributed by atoms with E-state index >= 15 is 0 Å². The van der Waals surface area contributed by atoms with Gasteiger partial charge < -0.3 is 10.2 Å². The molecule has 1 aromatic heterocycles. The van der Waals surface area contributed by atoms with Crippen LogP contribution in [0.15, 0.2) is 60.0 Å². The molecule has 0 radical (unpaired) electrons. The SMILES string of the molecule is CCc1ccc(-c2nc(CC(=O)NCC(c3ccccc3)N(C)C)cs2)cc1. The first-order chi connectivity index (χ1) is 13.6. The van der Waals surface area contributed by atoms with Crippen molar-refractivity contribution >= 4 is 17.2 Å². The van der Waals surface area contributed by atoms with Crippen molar-refractivity contribution in [3.63, 3.8) is 0 Å².